The van der Waals surface area contributed by atoms with Crippen LogP contribution in [0.15, 0.2) is 53.3 Å². The van der Waals surface area contributed by atoms with Gasteiger partial charge in [0.25, 0.3) is 11.5 Å². The summed E-state index contributed by atoms with van der Waals surface area (Å²) in [4.78, 5) is 25.9. The van der Waals surface area contributed by atoms with Crippen molar-refractivity contribution in [1.82, 2.24) is 4.57 Å². The summed E-state index contributed by atoms with van der Waals surface area (Å²) in [7, 11) is 0. The van der Waals surface area contributed by atoms with Crippen LogP contribution in [0.3, 0.4) is 0 Å². The van der Waals surface area contributed by atoms with Crippen LogP contribution in [0, 0.1) is 5.92 Å². The van der Waals surface area contributed by atoms with E-state index in [0.717, 1.165) is 0 Å². The summed E-state index contributed by atoms with van der Waals surface area (Å²) in [6.07, 6.45) is 0. The Morgan fingerprint density at radius 3 is 2.46 bits per heavy atom. The van der Waals surface area contributed by atoms with Crippen molar-refractivity contribution in [3.05, 3.63) is 64.4 Å². The molecule has 146 valence electrons. The van der Waals surface area contributed by atoms with E-state index < -0.39 is 11.5 Å². The first-order valence-corrected chi connectivity index (χ1v) is 9.31. The number of aromatic hydroxyl groups is 1. The molecule has 0 fully saturated rings. The minimum atomic E-state index is -0.644. The molecule has 3 aromatic rings. The lowest BCUT2D eigenvalue weighted by molar-refractivity contribution is 0.102. The highest BCUT2D eigenvalue weighted by Gasteiger charge is 2.22. The largest absolute Gasteiger partial charge is 0.506 e. The number of nitrogens with zero attached hydrogens (tertiary/aromatic N) is 1. The molecule has 0 aliphatic heterocycles. The minimum Gasteiger partial charge on any atom is -0.506 e. The predicted molar refractivity (Wildman–Crippen MR) is 110 cm³/mol. The molecule has 0 saturated carbocycles. The SMILES string of the molecule is CCOc1ccc(NC(=O)c2c(O)c3ccccc3n(CC(C)C)c2=O)cc1. The molecule has 6 nitrogen and oxygen atoms in total. The van der Waals surface area contributed by atoms with Crippen molar-refractivity contribution in [2.24, 2.45) is 5.92 Å². The summed E-state index contributed by atoms with van der Waals surface area (Å²) in [6.45, 7) is 6.87. The van der Waals surface area contributed by atoms with Crippen LogP contribution in [0.5, 0.6) is 11.5 Å². The zero-order valence-corrected chi connectivity index (χ0v) is 16.2. The third kappa shape index (κ3) is 3.86. The first-order chi connectivity index (χ1) is 13.4. The molecule has 0 unspecified atom stereocenters. The Labute approximate surface area is 163 Å². The van der Waals surface area contributed by atoms with Gasteiger partial charge < -0.3 is 19.7 Å². The Kier molecular flexibility index (Phi) is 5.68. The number of hydrogen-bond acceptors (Lipinski definition) is 4. The molecule has 3 rings (SSSR count). The van der Waals surface area contributed by atoms with Gasteiger partial charge in [0.15, 0.2) is 0 Å². The minimum absolute atomic E-state index is 0.202. The molecule has 0 spiro atoms. The Morgan fingerprint density at radius 2 is 1.82 bits per heavy atom. The molecule has 0 saturated heterocycles. The van der Waals surface area contributed by atoms with E-state index in [9.17, 15) is 14.7 Å². The van der Waals surface area contributed by atoms with Crippen LogP contribution in [0.4, 0.5) is 5.69 Å². The molecule has 0 aliphatic carbocycles. The topological polar surface area (TPSA) is 80.6 Å². The number of benzene rings is 2. The lowest BCUT2D eigenvalue weighted by Crippen LogP contribution is -2.31. The number of para-hydroxylation sites is 1. The first kappa shape index (κ1) is 19.5. The summed E-state index contributed by atoms with van der Waals surface area (Å²) in [5, 5.41) is 13.8. The van der Waals surface area contributed by atoms with Crippen LogP contribution in [0.2, 0.25) is 0 Å². The van der Waals surface area contributed by atoms with Crippen molar-refractivity contribution in [3.8, 4) is 11.5 Å². The van der Waals surface area contributed by atoms with E-state index in [1.165, 1.54) is 0 Å². The number of ether oxygens (including phenoxy) is 1. The van der Waals surface area contributed by atoms with Crippen molar-refractivity contribution in [3.63, 3.8) is 0 Å². The zero-order chi connectivity index (χ0) is 20.3. The van der Waals surface area contributed by atoms with Gasteiger partial charge in [0.2, 0.25) is 0 Å². The number of rotatable bonds is 6. The highest BCUT2D eigenvalue weighted by atomic mass is 16.5. The molecule has 0 radical (unpaired) electrons. The Bertz CT molecular complexity index is 1050. The normalized spacial score (nSPS) is 11.0. The van der Waals surface area contributed by atoms with Crippen LogP contribution in [-0.2, 0) is 6.54 Å². The third-order valence-corrected chi connectivity index (χ3v) is 4.34. The summed E-state index contributed by atoms with van der Waals surface area (Å²) >= 11 is 0. The second kappa shape index (κ2) is 8.17. The maximum absolute atomic E-state index is 13.0. The highest BCUT2D eigenvalue weighted by molar-refractivity contribution is 6.09. The van der Waals surface area contributed by atoms with Gasteiger partial charge in [-0.05, 0) is 49.2 Å². The van der Waals surface area contributed by atoms with E-state index in [-0.39, 0.29) is 17.2 Å². The number of aromatic nitrogens is 1. The number of fused-ring (bicyclic) bond motifs is 1. The summed E-state index contributed by atoms with van der Waals surface area (Å²) in [5.41, 5.74) is 0.355. The number of anilines is 1. The molecule has 1 heterocycles. The maximum Gasteiger partial charge on any atom is 0.267 e. The van der Waals surface area contributed by atoms with E-state index in [1.807, 2.05) is 20.8 Å². The number of nitrogens with one attached hydrogen (secondary N) is 1. The second-order valence-corrected chi connectivity index (χ2v) is 6.96. The predicted octanol–water partition coefficient (Wildman–Crippen LogP) is 4.01. The van der Waals surface area contributed by atoms with E-state index in [2.05, 4.69) is 5.32 Å². The first-order valence-electron chi connectivity index (χ1n) is 9.31. The molecule has 2 aromatic carbocycles. The van der Waals surface area contributed by atoms with Crippen molar-refractivity contribution >= 4 is 22.5 Å². The molecule has 1 amide bonds. The van der Waals surface area contributed by atoms with E-state index in [4.69, 9.17) is 4.74 Å². The zero-order valence-electron chi connectivity index (χ0n) is 16.2. The fraction of sp³-hybridized carbons (Fsp3) is 0.273. The molecule has 2 N–H and O–H groups in total. The molecule has 6 heteroatoms. The molecule has 28 heavy (non-hydrogen) atoms. The summed E-state index contributed by atoms with van der Waals surface area (Å²) < 4.78 is 6.93. The average molecular weight is 380 g/mol. The van der Waals surface area contributed by atoms with Gasteiger partial charge in [0, 0.05) is 17.6 Å². The van der Waals surface area contributed by atoms with Crippen LogP contribution in [0.25, 0.3) is 10.9 Å². The van der Waals surface area contributed by atoms with Gasteiger partial charge in [0.1, 0.15) is 17.1 Å². The lowest BCUT2D eigenvalue weighted by Gasteiger charge is -2.16. The Morgan fingerprint density at radius 1 is 1.14 bits per heavy atom. The van der Waals surface area contributed by atoms with Crippen LogP contribution < -0.4 is 15.6 Å². The van der Waals surface area contributed by atoms with E-state index >= 15 is 0 Å². The maximum atomic E-state index is 13.0. The highest BCUT2D eigenvalue weighted by Crippen LogP contribution is 2.27. The van der Waals surface area contributed by atoms with Crippen LogP contribution >= 0.6 is 0 Å². The second-order valence-electron chi connectivity index (χ2n) is 6.96. The monoisotopic (exact) mass is 380 g/mol. The number of carbonyl (C=O) groups is 1. The fourth-order valence-electron chi connectivity index (χ4n) is 3.14. The van der Waals surface area contributed by atoms with Crippen molar-refractivity contribution in [2.75, 3.05) is 11.9 Å². The molecule has 0 aliphatic rings. The van der Waals surface area contributed by atoms with E-state index in [1.54, 1.807) is 53.1 Å². The number of amides is 1. The summed E-state index contributed by atoms with van der Waals surface area (Å²) in [6, 6.07) is 13.9. The lowest BCUT2D eigenvalue weighted by atomic mass is 10.1. The van der Waals surface area contributed by atoms with Gasteiger partial charge in [-0.3, -0.25) is 9.59 Å². The molecule has 0 bridgehead atoms. The third-order valence-electron chi connectivity index (χ3n) is 4.34. The van der Waals surface area contributed by atoms with Crippen LogP contribution in [-0.4, -0.2) is 22.2 Å². The molecular weight excluding hydrogens is 356 g/mol. The molecule has 0 atom stereocenters. The van der Waals surface area contributed by atoms with Crippen molar-refractivity contribution in [2.45, 2.75) is 27.3 Å². The smallest absolute Gasteiger partial charge is 0.267 e. The number of carbonyl (C=O) groups excluding carboxylic acids is 1. The number of hydrogen-bond donors (Lipinski definition) is 2. The molecule has 1 aromatic heterocycles. The van der Waals surface area contributed by atoms with Gasteiger partial charge in [-0.2, -0.15) is 0 Å². The van der Waals surface area contributed by atoms with Gasteiger partial charge in [-0.15, -0.1) is 0 Å². The number of pyridine rings is 1. The van der Waals surface area contributed by atoms with Gasteiger partial charge in [-0.25, -0.2) is 0 Å². The van der Waals surface area contributed by atoms with Gasteiger partial charge in [0.05, 0.1) is 12.1 Å². The van der Waals surface area contributed by atoms with E-state index in [0.29, 0.717) is 35.5 Å². The standard InChI is InChI=1S/C22H24N2O4/c1-4-28-16-11-9-15(10-12-16)23-21(26)19-20(25)17-7-5-6-8-18(17)24(22(19)27)13-14(2)3/h5-12,14,25H,4,13H2,1-3H3,(H,23,26). The van der Waals surface area contributed by atoms with Crippen LogP contribution in [0.1, 0.15) is 31.1 Å². The van der Waals surface area contributed by atoms with Crippen molar-refractivity contribution in [1.29, 1.82) is 0 Å². The average Bonchev–Trinajstić information content (AvgIpc) is 2.67. The fourth-order valence-corrected chi connectivity index (χ4v) is 3.14. The van der Waals surface area contributed by atoms with Gasteiger partial charge >= 0.3 is 0 Å². The Hall–Kier alpha value is -3.28. The quantitative estimate of drug-likeness (QED) is 0.677. The summed E-state index contributed by atoms with van der Waals surface area (Å²) in [5.74, 6) is -0.0556. The van der Waals surface area contributed by atoms with Crippen molar-refractivity contribution < 1.29 is 14.6 Å². The Balaban J connectivity index is 2.04. The van der Waals surface area contributed by atoms with Gasteiger partial charge in [-0.1, -0.05) is 26.0 Å². The molecular formula is C22H24N2O4.